The SMILES string of the molecule is CCCCN1CC2CNCC(C1)C2=O. The highest BCUT2D eigenvalue weighted by Crippen LogP contribution is 2.21. The van der Waals surface area contributed by atoms with E-state index in [9.17, 15) is 4.79 Å². The first-order valence-electron chi connectivity index (χ1n) is 5.78. The summed E-state index contributed by atoms with van der Waals surface area (Å²) in [5.74, 6) is 1.07. The number of fused-ring (bicyclic) bond motifs is 2. The standard InChI is InChI=1S/C11H20N2O/c1-2-3-4-13-7-9-5-12-6-10(8-13)11(9)14/h9-10,12H,2-8H2,1H3. The van der Waals surface area contributed by atoms with Crippen LogP contribution in [0.2, 0.25) is 0 Å². The van der Waals surface area contributed by atoms with E-state index in [1.54, 1.807) is 0 Å². The topological polar surface area (TPSA) is 32.3 Å². The van der Waals surface area contributed by atoms with Crippen molar-refractivity contribution in [1.82, 2.24) is 10.2 Å². The monoisotopic (exact) mass is 196 g/mol. The summed E-state index contributed by atoms with van der Waals surface area (Å²) >= 11 is 0. The lowest BCUT2D eigenvalue weighted by atomic mass is 9.84. The van der Waals surface area contributed by atoms with Crippen molar-refractivity contribution in [3.8, 4) is 0 Å². The molecule has 0 aromatic carbocycles. The molecule has 80 valence electrons. The summed E-state index contributed by atoms with van der Waals surface area (Å²) in [6.45, 7) is 7.18. The minimum Gasteiger partial charge on any atom is -0.315 e. The molecule has 2 heterocycles. The molecule has 3 nitrogen and oxygen atoms in total. The molecule has 2 fully saturated rings. The Morgan fingerprint density at radius 3 is 2.57 bits per heavy atom. The molecule has 2 rings (SSSR count). The molecule has 2 aliphatic rings. The van der Waals surface area contributed by atoms with Crippen LogP contribution < -0.4 is 5.32 Å². The van der Waals surface area contributed by atoms with Gasteiger partial charge in [-0.3, -0.25) is 4.79 Å². The maximum Gasteiger partial charge on any atom is 0.144 e. The molecule has 0 saturated carbocycles. The van der Waals surface area contributed by atoms with E-state index in [1.807, 2.05) is 0 Å². The van der Waals surface area contributed by atoms with Crippen LogP contribution in [-0.4, -0.2) is 43.4 Å². The van der Waals surface area contributed by atoms with Crippen LogP contribution in [0.15, 0.2) is 0 Å². The minimum atomic E-state index is 0.277. The maximum atomic E-state index is 11.8. The van der Waals surface area contributed by atoms with Crippen molar-refractivity contribution >= 4 is 5.78 Å². The molecular formula is C11H20N2O. The number of hydrogen-bond acceptors (Lipinski definition) is 3. The molecule has 2 aliphatic heterocycles. The highest BCUT2D eigenvalue weighted by molar-refractivity contribution is 5.85. The molecule has 2 atom stereocenters. The summed E-state index contributed by atoms with van der Waals surface area (Å²) in [6, 6.07) is 0. The number of piperidine rings is 2. The smallest absolute Gasteiger partial charge is 0.144 e. The third-order valence-corrected chi connectivity index (χ3v) is 3.37. The average Bonchev–Trinajstić information content (AvgIpc) is 2.15. The number of unbranched alkanes of at least 4 members (excludes halogenated alkanes) is 1. The highest BCUT2D eigenvalue weighted by atomic mass is 16.1. The quantitative estimate of drug-likeness (QED) is 0.713. The maximum absolute atomic E-state index is 11.8. The third-order valence-electron chi connectivity index (χ3n) is 3.37. The van der Waals surface area contributed by atoms with Crippen LogP contribution in [0.1, 0.15) is 19.8 Å². The largest absolute Gasteiger partial charge is 0.315 e. The van der Waals surface area contributed by atoms with E-state index in [0.717, 1.165) is 26.2 Å². The molecule has 2 saturated heterocycles. The second-order valence-electron chi connectivity index (χ2n) is 4.57. The molecular weight excluding hydrogens is 176 g/mol. The van der Waals surface area contributed by atoms with Gasteiger partial charge in [-0.1, -0.05) is 13.3 Å². The van der Waals surface area contributed by atoms with E-state index in [0.29, 0.717) is 5.78 Å². The zero-order valence-electron chi connectivity index (χ0n) is 8.96. The highest BCUT2D eigenvalue weighted by Gasteiger charge is 2.37. The molecule has 1 N–H and O–H groups in total. The third kappa shape index (κ3) is 1.98. The normalized spacial score (nSPS) is 33.4. The first-order valence-corrected chi connectivity index (χ1v) is 5.78. The lowest BCUT2D eigenvalue weighted by Crippen LogP contribution is -2.57. The minimum absolute atomic E-state index is 0.277. The summed E-state index contributed by atoms with van der Waals surface area (Å²) in [6.07, 6.45) is 2.51. The van der Waals surface area contributed by atoms with Gasteiger partial charge in [-0.05, 0) is 13.0 Å². The van der Waals surface area contributed by atoms with Crippen molar-refractivity contribution in [1.29, 1.82) is 0 Å². The molecule has 0 aromatic rings. The van der Waals surface area contributed by atoms with Gasteiger partial charge in [0.2, 0.25) is 0 Å². The number of carbonyl (C=O) groups is 1. The van der Waals surface area contributed by atoms with Gasteiger partial charge < -0.3 is 10.2 Å². The molecule has 14 heavy (non-hydrogen) atoms. The number of carbonyl (C=O) groups excluding carboxylic acids is 1. The van der Waals surface area contributed by atoms with E-state index < -0.39 is 0 Å². The van der Waals surface area contributed by atoms with Crippen LogP contribution in [0.4, 0.5) is 0 Å². The zero-order chi connectivity index (χ0) is 9.97. The lowest BCUT2D eigenvalue weighted by molar-refractivity contribution is -0.133. The fraction of sp³-hybridized carbons (Fsp3) is 0.909. The van der Waals surface area contributed by atoms with Gasteiger partial charge in [-0.25, -0.2) is 0 Å². The van der Waals surface area contributed by atoms with Crippen molar-refractivity contribution < 1.29 is 4.79 Å². The molecule has 2 unspecified atom stereocenters. The van der Waals surface area contributed by atoms with Crippen LogP contribution >= 0.6 is 0 Å². The predicted molar refractivity (Wildman–Crippen MR) is 56.2 cm³/mol. The molecule has 3 heteroatoms. The fourth-order valence-electron chi connectivity index (χ4n) is 2.54. The van der Waals surface area contributed by atoms with Gasteiger partial charge in [-0.2, -0.15) is 0 Å². The molecule has 2 bridgehead atoms. The molecule has 0 spiro atoms. The Bertz CT molecular complexity index is 201. The van der Waals surface area contributed by atoms with E-state index >= 15 is 0 Å². The van der Waals surface area contributed by atoms with Gasteiger partial charge in [-0.15, -0.1) is 0 Å². The molecule has 0 amide bonds. The van der Waals surface area contributed by atoms with Gasteiger partial charge in [0.05, 0.1) is 0 Å². The van der Waals surface area contributed by atoms with Crippen LogP contribution in [0.25, 0.3) is 0 Å². The number of likely N-dealkylation sites (tertiary alicyclic amines) is 1. The zero-order valence-corrected chi connectivity index (χ0v) is 8.96. The van der Waals surface area contributed by atoms with Crippen molar-refractivity contribution in [3.05, 3.63) is 0 Å². The summed E-state index contributed by atoms with van der Waals surface area (Å²) in [5.41, 5.74) is 0. The number of nitrogens with one attached hydrogen (secondary N) is 1. The van der Waals surface area contributed by atoms with E-state index in [4.69, 9.17) is 0 Å². The average molecular weight is 196 g/mol. The summed E-state index contributed by atoms with van der Waals surface area (Å²) in [7, 11) is 0. The van der Waals surface area contributed by atoms with Crippen molar-refractivity contribution in [2.75, 3.05) is 32.7 Å². The number of Topliss-reactive ketones (excluding diaryl/α,β-unsaturated/α-hetero) is 1. The van der Waals surface area contributed by atoms with Gasteiger partial charge >= 0.3 is 0 Å². The Morgan fingerprint density at radius 1 is 1.36 bits per heavy atom. The number of ketones is 1. The molecule has 0 aromatic heterocycles. The predicted octanol–water partition coefficient (Wildman–Crippen LogP) is 0.507. The van der Waals surface area contributed by atoms with Gasteiger partial charge in [0, 0.05) is 38.0 Å². The Kier molecular flexibility index (Phi) is 3.19. The summed E-state index contributed by atoms with van der Waals surface area (Å²) < 4.78 is 0. The fourth-order valence-corrected chi connectivity index (χ4v) is 2.54. The van der Waals surface area contributed by atoms with Crippen molar-refractivity contribution in [2.45, 2.75) is 19.8 Å². The second-order valence-corrected chi connectivity index (χ2v) is 4.57. The van der Waals surface area contributed by atoms with Crippen LogP contribution in [0.5, 0.6) is 0 Å². The molecule has 0 aliphatic carbocycles. The first kappa shape index (κ1) is 10.1. The van der Waals surface area contributed by atoms with Crippen LogP contribution in [-0.2, 0) is 4.79 Å². The summed E-state index contributed by atoms with van der Waals surface area (Å²) in [4.78, 5) is 14.2. The Morgan fingerprint density at radius 2 is 2.00 bits per heavy atom. The van der Waals surface area contributed by atoms with Crippen LogP contribution in [0.3, 0.4) is 0 Å². The van der Waals surface area contributed by atoms with E-state index in [2.05, 4.69) is 17.1 Å². The Balaban J connectivity index is 1.90. The lowest BCUT2D eigenvalue weighted by Gasteiger charge is -2.40. The van der Waals surface area contributed by atoms with Gasteiger partial charge in [0.25, 0.3) is 0 Å². The Labute approximate surface area is 85.8 Å². The number of nitrogens with zero attached hydrogens (tertiary/aromatic N) is 1. The molecule has 0 radical (unpaired) electrons. The van der Waals surface area contributed by atoms with Gasteiger partial charge in [0.1, 0.15) is 5.78 Å². The van der Waals surface area contributed by atoms with Gasteiger partial charge in [0.15, 0.2) is 0 Å². The number of rotatable bonds is 3. The van der Waals surface area contributed by atoms with Crippen molar-refractivity contribution in [2.24, 2.45) is 11.8 Å². The summed E-state index contributed by atoms with van der Waals surface area (Å²) in [5, 5.41) is 3.35. The van der Waals surface area contributed by atoms with Crippen LogP contribution in [0, 0.1) is 11.8 Å². The first-order chi connectivity index (χ1) is 6.81. The van der Waals surface area contributed by atoms with E-state index in [-0.39, 0.29) is 11.8 Å². The number of hydrogen-bond donors (Lipinski definition) is 1. The van der Waals surface area contributed by atoms with Crippen molar-refractivity contribution in [3.63, 3.8) is 0 Å². The second kappa shape index (κ2) is 4.41. The van der Waals surface area contributed by atoms with E-state index in [1.165, 1.54) is 19.4 Å². The Hall–Kier alpha value is -0.410.